The molecule has 0 radical (unpaired) electrons. The molecule has 0 spiro atoms. The number of amides is 1. The van der Waals surface area contributed by atoms with Gasteiger partial charge in [-0.1, -0.05) is 12.1 Å². The monoisotopic (exact) mass is 309 g/mol. The van der Waals surface area contributed by atoms with Crippen molar-refractivity contribution in [2.24, 2.45) is 0 Å². The molecule has 2 aromatic carbocycles. The first-order chi connectivity index (χ1) is 11.1. The van der Waals surface area contributed by atoms with Gasteiger partial charge >= 0.3 is 0 Å². The Labute approximate surface area is 135 Å². The van der Waals surface area contributed by atoms with Gasteiger partial charge in [0.25, 0.3) is 0 Å². The number of nitrogens with one attached hydrogen (secondary N) is 2. The molecule has 0 saturated carbocycles. The van der Waals surface area contributed by atoms with E-state index in [9.17, 15) is 4.79 Å². The van der Waals surface area contributed by atoms with Crippen LogP contribution >= 0.6 is 0 Å². The molecule has 2 rings (SSSR count). The lowest BCUT2D eigenvalue weighted by atomic mass is 10.2. The van der Waals surface area contributed by atoms with Gasteiger partial charge in [-0.15, -0.1) is 0 Å². The lowest BCUT2D eigenvalue weighted by molar-refractivity contribution is -0.115. The van der Waals surface area contributed by atoms with Crippen molar-refractivity contribution in [3.8, 4) is 11.8 Å². The Bertz CT molecular complexity index is 735. The van der Waals surface area contributed by atoms with Crippen molar-refractivity contribution >= 4 is 17.3 Å². The van der Waals surface area contributed by atoms with Crippen molar-refractivity contribution in [2.45, 2.75) is 13.3 Å². The minimum Gasteiger partial charge on any atom is -0.495 e. The lowest BCUT2D eigenvalue weighted by Crippen LogP contribution is -2.16. The highest BCUT2D eigenvalue weighted by Crippen LogP contribution is 2.25. The SMILES string of the molecule is COc1ccc(C)cc1NCCC(=O)Nc1cccc(C#N)c1. The van der Waals surface area contributed by atoms with Crippen LogP contribution in [0.5, 0.6) is 5.75 Å². The molecular formula is C18H19N3O2. The maximum atomic E-state index is 12.0. The average molecular weight is 309 g/mol. The standard InChI is InChI=1S/C18H19N3O2/c1-13-6-7-17(23-2)16(10-13)20-9-8-18(22)21-15-5-3-4-14(11-15)12-19/h3-7,10-11,20H,8-9H2,1-2H3,(H,21,22). The van der Waals surface area contributed by atoms with Gasteiger partial charge in [-0.2, -0.15) is 5.26 Å². The largest absolute Gasteiger partial charge is 0.495 e. The van der Waals surface area contributed by atoms with Gasteiger partial charge in [-0.25, -0.2) is 0 Å². The minimum atomic E-state index is -0.112. The predicted octanol–water partition coefficient (Wildman–Crippen LogP) is 3.32. The first-order valence-corrected chi connectivity index (χ1v) is 7.31. The highest BCUT2D eigenvalue weighted by Gasteiger charge is 2.06. The molecule has 0 aliphatic heterocycles. The second-order valence-corrected chi connectivity index (χ2v) is 5.12. The van der Waals surface area contributed by atoms with Gasteiger partial charge in [0.1, 0.15) is 5.75 Å². The number of rotatable bonds is 6. The summed E-state index contributed by atoms with van der Waals surface area (Å²) >= 11 is 0. The van der Waals surface area contributed by atoms with Gasteiger partial charge < -0.3 is 15.4 Å². The minimum absolute atomic E-state index is 0.112. The van der Waals surface area contributed by atoms with E-state index in [1.807, 2.05) is 31.2 Å². The van der Waals surface area contributed by atoms with E-state index >= 15 is 0 Å². The zero-order valence-corrected chi connectivity index (χ0v) is 13.2. The summed E-state index contributed by atoms with van der Waals surface area (Å²) in [7, 11) is 1.62. The van der Waals surface area contributed by atoms with Crippen LogP contribution in [0.1, 0.15) is 17.5 Å². The number of ether oxygens (including phenoxy) is 1. The van der Waals surface area contributed by atoms with E-state index in [2.05, 4.69) is 10.6 Å². The number of anilines is 2. The molecule has 0 bridgehead atoms. The zero-order valence-electron chi connectivity index (χ0n) is 13.2. The fourth-order valence-corrected chi connectivity index (χ4v) is 2.16. The summed E-state index contributed by atoms with van der Waals surface area (Å²) in [6.45, 7) is 2.49. The topological polar surface area (TPSA) is 74.2 Å². The predicted molar refractivity (Wildman–Crippen MR) is 90.6 cm³/mol. The molecule has 0 unspecified atom stereocenters. The summed E-state index contributed by atoms with van der Waals surface area (Å²) in [6.07, 6.45) is 0.313. The van der Waals surface area contributed by atoms with Crippen molar-refractivity contribution in [3.63, 3.8) is 0 Å². The first-order valence-electron chi connectivity index (χ1n) is 7.31. The van der Waals surface area contributed by atoms with Crippen molar-refractivity contribution in [3.05, 3.63) is 53.6 Å². The Morgan fingerprint density at radius 3 is 2.83 bits per heavy atom. The van der Waals surface area contributed by atoms with Crippen LogP contribution in [0.25, 0.3) is 0 Å². The summed E-state index contributed by atoms with van der Waals surface area (Å²) in [5.41, 5.74) is 3.13. The quantitative estimate of drug-likeness (QED) is 0.858. The summed E-state index contributed by atoms with van der Waals surface area (Å²) in [5.74, 6) is 0.636. The number of hydrogen-bond donors (Lipinski definition) is 2. The van der Waals surface area contributed by atoms with Crippen LogP contribution in [0.15, 0.2) is 42.5 Å². The maximum absolute atomic E-state index is 12.0. The number of hydrogen-bond acceptors (Lipinski definition) is 4. The highest BCUT2D eigenvalue weighted by atomic mass is 16.5. The third-order valence-corrected chi connectivity index (χ3v) is 3.30. The van der Waals surface area contributed by atoms with E-state index in [4.69, 9.17) is 10.00 Å². The number of aryl methyl sites for hydroxylation is 1. The Morgan fingerprint density at radius 1 is 1.26 bits per heavy atom. The summed E-state index contributed by atoms with van der Waals surface area (Å²) in [4.78, 5) is 12.0. The summed E-state index contributed by atoms with van der Waals surface area (Å²) < 4.78 is 5.29. The number of nitrogens with zero attached hydrogens (tertiary/aromatic N) is 1. The second-order valence-electron chi connectivity index (χ2n) is 5.12. The number of methoxy groups -OCH3 is 1. The molecule has 0 fully saturated rings. The van der Waals surface area contributed by atoms with Crippen LogP contribution in [-0.2, 0) is 4.79 Å². The molecule has 0 aromatic heterocycles. The van der Waals surface area contributed by atoms with E-state index in [1.54, 1.807) is 31.4 Å². The molecule has 0 aliphatic carbocycles. The fourth-order valence-electron chi connectivity index (χ4n) is 2.16. The highest BCUT2D eigenvalue weighted by molar-refractivity contribution is 5.91. The van der Waals surface area contributed by atoms with Crippen molar-refractivity contribution in [2.75, 3.05) is 24.3 Å². The number of nitriles is 1. The summed E-state index contributed by atoms with van der Waals surface area (Å²) in [6, 6.07) is 14.7. The molecule has 1 amide bonds. The fraction of sp³-hybridized carbons (Fsp3) is 0.222. The lowest BCUT2D eigenvalue weighted by Gasteiger charge is -2.12. The molecule has 118 valence electrons. The third kappa shape index (κ3) is 4.75. The van der Waals surface area contributed by atoms with Crippen LogP contribution in [-0.4, -0.2) is 19.6 Å². The van der Waals surface area contributed by atoms with Crippen molar-refractivity contribution < 1.29 is 9.53 Å². The van der Waals surface area contributed by atoms with Gasteiger partial charge in [0.05, 0.1) is 24.4 Å². The Kier molecular flexibility index (Phi) is 5.59. The van der Waals surface area contributed by atoms with E-state index in [0.29, 0.717) is 24.2 Å². The molecule has 5 heteroatoms. The molecule has 23 heavy (non-hydrogen) atoms. The number of carbonyl (C=O) groups excluding carboxylic acids is 1. The van der Waals surface area contributed by atoms with Crippen LogP contribution < -0.4 is 15.4 Å². The van der Waals surface area contributed by atoms with E-state index < -0.39 is 0 Å². The zero-order chi connectivity index (χ0) is 16.7. The molecule has 0 aliphatic rings. The third-order valence-electron chi connectivity index (χ3n) is 3.30. The maximum Gasteiger partial charge on any atom is 0.226 e. The summed E-state index contributed by atoms with van der Waals surface area (Å²) in [5, 5.41) is 14.8. The van der Waals surface area contributed by atoms with Gasteiger partial charge in [-0.3, -0.25) is 4.79 Å². The van der Waals surface area contributed by atoms with Gasteiger partial charge in [0.15, 0.2) is 0 Å². The van der Waals surface area contributed by atoms with Crippen molar-refractivity contribution in [1.29, 1.82) is 5.26 Å². The van der Waals surface area contributed by atoms with Crippen LogP contribution in [0.3, 0.4) is 0 Å². The van der Waals surface area contributed by atoms with Crippen LogP contribution in [0.2, 0.25) is 0 Å². The molecule has 5 nitrogen and oxygen atoms in total. The second kappa shape index (κ2) is 7.85. The Morgan fingerprint density at radius 2 is 2.09 bits per heavy atom. The molecular weight excluding hydrogens is 290 g/mol. The molecule has 0 saturated heterocycles. The molecule has 2 aromatic rings. The molecule has 0 atom stereocenters. The number of benzene rings is 2. The average Bonchev–Trinajstić information content (AvgIpc) is 2.55. The van der Waals surface area contributed by atoms with Gasteiger partial charge in [0.2, 0.25) is 5.91 Å². The van der Waals surface area contributed by atoms with Crippen molar-refractivity contribution in [1.82, 2.24) is 0 Å². The Hall–Kier alpha value is -3.00. The van der Waals surface area contributed by atoms with Crippen LogP contribution in [0, 0.1) is 18.3 Å². The van der Waals surface area contributed by atoms with E-state index in [-0.39, 0.29) is 5.91 Å². The smallest absolute Gasteiger partial charge is 0.226 e. The first kappa shape index (κ1) is 16.4. The van der Waals surface area contributed by atoms with Crippen LogP contribution in [0.4, 0.5) is 11.4 Å². The van der Waals surface area contributed by atoms with E-state index in [1.165, 1.54) is 0 Å². The molecule has 0 heterocycles. The number of carbonyl (C=O) groups is 1. The normalized spacial score (nSPS) is 9.78. The van der Waals surface area contributed by atoms with E-state index in [0.717, 1.165) is 17.0 Å². The molecule has 2 N–H and O–H groups in total. The van der Waals surface area contributed by atoms with Gasteiger partial charge in [-0.05, 0) is 42.8 Å². The Balaban J connectivity index is 1.88. The van der Waals surface area contributed by atoms with Gasteiger partial charge in [0, 0.05) is 18.7 Å².